The molecule has 0 aliphatic carbocycles. The van der Waals surface area contributed by atoms with Gasteiger partial charge in [0.25, 0.3) is 0 Å². The fraction of sp³-hybridized carbons (Fsp3) is 0.733. The summed E-state index contributed by atoms with van der Waals surface area (Å²) in [5.41, 5.74) is 0. The van der Waals surface area contributed by atoms with Crippen molar-refractivity contribution in [2.45, 2.75) is 63.7 Å². The minimum absolute atomic E-state index is 0.545. The van der Waals surface area contributed by atoms with Gasteiger partial charge < -0.3 is 5.32 Å². The third kappa shape index (κ3) is 2.92. The monoisotopic (exact) mass is 342 g/mol. The molecule has 3 atom stereocenters. The molecule has 2 aliphatic heterocycles. The Morgan fingerprint density at radius 3 is 2.63 bits per heavy atom. The Hall–Kier alpha value is 0.1000. The maximum Gasteiger partial charge on any atom is 0.0416 e. The van der Waals surface area contributed by atoms with E-state index in [1.54, 1.807) is 0 Å². The van der Waals surface area contributed by atoms with E-state index >= 15 is 0 Å². The van der Waals surface area contributed by atoms with Gasteiger partial charge in [-0.2, -0.15) is 0 Å². The van der Waals surface area contributed by atoms with E-state index in [1.807, 2.05) is 11.3 Å². The zero-order valence-electron chi connectivity index (χ0n) is 11.7. The summed E-state index contributed by atoms with van der Waals surface area (Å²) in [7, 11) is 0. The van der Waals surface area contributed by atoms with Gasteiger partial charge in [0, 0.05) is 38.9 Å². The van der Waals surface area contributed by atoms with Gasteiger partial charge in [-0.15, -0.1) is 11.3 Å². The average Bonchev–Trinajstić information content (AvgIpc) is 2.97. The molecule has 19 heavy (non-hydrogen) atoms. The van der Waals surface area contributed by atoms with E-state index in [9.17, 15) is 0 Å². The molecule has 1 N–H and O–H groups in total. The van der Waals surface area contributed by atoms with Crippen LogP contribution in [-0.4, -0.2) is 29.6 Å². The fourth-order valence-electron chi connectivity index (χ4n) is 3.86. The number of halogens is 1. The number of nitrogens with one attached hydrogen (secondary N) is 1. The minimum Gasteiger partial charge on any atom is -0.311 e. The van der Waals surface area contributed by atoms with Crippen LogP contribution < -0.4 is 5.32 Å². The molecule has 2 aliphatic rings. The maximum atomic E-state index is 3.75. The normalized spacial score (nSPS) is 31.9. The van der Waals surface area contributed by atoms with Crippen LogP contribution in [0.15, 0.2) is 15.9 Å². The highest BCUT2D eigenvalue weighted by Crippen LogP contribution is 2.36. The Morgan fingerprint density at radius 1 is 1.42 bits per heavy atom. The first-order valence-corrected chi connectivity index (χ1v) is 9.10. The van der Waals surface area contributed by atoms with Gasteiger partial charge in [0.1, 0.15) is 0 Å². The highest BCUT2D eigenvalue weighted by molar-refractivity contribution is 9.10. The van der Waals surface area contributed by atoms with Crippen molar-refractivity contribution in [2.75, 3.05) is 6.54 Å². The minimum atomic E-state index is 0.545. The standard InChI is InChI=1S/C15H23BrN2S/c1-3-18(10(2)15-6-11(16)9-19-15)14-7-12-4-5-13(8-14)17-12/h6,9-10,12-14,17H,3-5,7-8H2,1-2H3. The largest absolute Gasteiger partial charge is 0.311 e. The molecule has 0 aromatic carbocycles. The van der Waals surface area contributed by atoms with Crippen molar-refractivity contribution in [3.63, 3.8) is 0 Å². The Labute approximate surface area is 128 Å². The summed E-state index contributed by atoms with van der Waals surface area (Å²) >= 11 is 5.46. The average molecular weight is 343 g/mol. The fourth-order valence-corrected chi connectivity index (χ4v) is 5.38. The molecule has 2 fully saturated rings. The first-order chi connectivity index (χ1) is 9.17. The van der Waals surface area contributed by atoms with Crippen LogP contribution in [0.1, 0.15) is 50.4 Å². The number of piperidine rings is 1. The lowest BCUT2D eigenvalue weighted by molar-refractivity contribution is 0.109. The highest BCUT2D eigenvalue weighted by Gasteiger charge is 2.37. The Kier molecular flexibility index (Phi) is 4.32. The molecule has 106 valence electrons. The van der Waals surface area contributed by atoms with Crippen LogP contribution in [0.25, 0.3) is 0 Å². The quantitative estimate of drug-likeness (QED) is 0.882. The molecule has 0 radical (unpaired) electrons. The number of thiophene rings is 1. The van der Waals surface area contributed by atoms with E-state index in [1.165, 1.54) is 35.0 Å². The Morgan fingerprint density at radius 2 is 2.11 bits per heavy atom. The lowest BCUT2D eigenvalue weighted by atomic mass is 9.96. The van der Waals surface area contributed by atoms with Gasteiger partial charge in [0.2, 0.25) is 0 Å². The number of hydrogen-bond acceptors (Lipinski definition) is 3. The van der Waals surface area contributed by atoms with Crippen LogP contribution in [0.5, 0.6) is 0 Å². The van der Waals surface area contributed by atoms with Gasteiger partial charge >= 0.3 is 0 Å². The number of nitrogens with zero attached hydrogens (tertiary/aromatic N) is 1. The Bertz CT molecular complexity index is 422. The second kappa shape index (κ2) is 5.84. The van der Waals surface area contributed by atoms with Crippen molar-refractivity contribution >= 4 is 27.3 Å². The molecule has 3 unspecified atom stereocenters. The molecule has 2 saturated heterocycles. The third-order valence-electron chi connectivity index (χ3n) is 4.78. The van der Waals surface area contributed by atoms with Crippen LogP contribution in [0.4, 0.5) is 0 Å². The van der Waals surface area contributed by atoms with Crippen molar-refractivity contribution in [1.82, 2.24) is 10.2 Å². The van der Waals surface area contributed by atoms with Gasteiger partial charge in [0.15, 0.2) is 0 Å². The molecular weight excluding hydrogens is 320 g/mol. The maximum absolute atomic E-state index is 3.75. The van der Waals surface area contributed by atoms with E-state index in [4.69, 9.17) is 0 Å². The highest BCUT2D eigenvalue weighted by atomic mass is 79.9. The van der Waals surface area contributed by atoms with Crippen molar-refractivity contribution in [3.05, 3.63) is 20.8 Å². The van der Waals surface area contributed by atoms with E-state index < -0.39 is 0 Å². The predicted molar refractivity (Wildman–Crippen MR) is 85.8 cm³/mol. The Balaban J connectivity index is 1.73. The molecule has 0 amide bonds. The van der Waals surface area contributed by atoms with Gasteiger partial charge in [-0.25, -0.2) is 0 Å². The summed E-state index contributed by atoms with van der Waals surface area (Å²) in [6.45, 7) is 5.83. The molecular formula is C15H23BrN2S. The molecule has 2 nitrogen and oxygen atoms in total. The number of rotatable bonds is 4. The molecule has 3 heterocycles. The van der Waals surface area contributed by atoms with Gasteiger partial charge in [-0.05, 0) is 61.1 Å². The summed E-state index contributed by atoms with van der Waals surface area (Å²) in [6.07, 6.45) is 5.44. The molecule has 0 saturated carbocycles. The van der Waals surface area contributed by atoms with Gasteiger partial charge in [-0.1, -0.05) is 6.92 Å². The van der Waals surface area contributed by atoms with E-state index in [-0.39, 0.29) is 0 Å². The van der Waals surface area contributed by atoms with Crippen molar-refractivity contribution in [3.8, 4) is 0 Å². The van der Waals surface area contributed by atoms with Gasteiger partial charge in [-0.3, -0.25) is 4.90 Å². The number of fused-ring (bicyclic) bond motifs is 2. The second-order valence-electron chi connectivity index (χ2n) is 5.94. The zero-order chi connectivity index (χ0) is 13.4. The lowest BCUT2D eigenvalue weighted by Crippen LogP contribution is -2.48. The topological polar surface area (TPSA) is 15.3 Å². The van der Waals surface area contributed by atoms with Crippen molar-refractivity contribution in [2.24, 2.45) is 0 Å². The van der Waals surface area contributed by atoms with E-state index in [0.29, 0.717) is 6.04 Å². The van der Waals surface area contributed by atoms with E-state index in [0.717, 1.165) is 24.7 Å². The molecule has 4 heteroatoms. The summed E-state index contributed by atoms with van der Waals surface area (Å²) in [5.74, 6) is 0. The van der Waals surface area contributed by atoms with Crippen LogP contribution in [0.3, 0.4) is 0 Å². The molecule has 0 spiro atoms. The molecule has 3 rings (SSSR count). The molecule has 1 aromatic rings. The summed E-state index contributed by atoms with van der Waals surface area (Å²) in [6, 6.07) is 5.15. The predicted octanol–water partition coefficient (Wildman–Crippen LogP) is 4.18. The smallest absolute Gasteiger partial charge is 0.0416 e. The van der Waals surface area contributed by atoms with Crippen LogP contribution >= 0.6 is 27.3 Å². The van der Waals surface area contributed by atoms with Crippen molar-refractivity contribution < 1.29 is 0 Å². The lowest BCUT2D eigenvalue weighted by Gasteiger charge is -2.40. The van der Waals surface area contributed by atoms with Crippen LogP contribution in [0, 0.1) is 0 Å². The van der Waals surface area contributed by atoms with Crippen LogP contribution in [-0.2, 0) is 0 Å². The third-order valence-corrected chi connectivity index (χ3v) is 6.64. The van der Waals surface area contributed by atoms with E-state index in [2.05, 4.69) is 51.4 Å². The molecule has 1 aromatic heterocycles. The second-order valence-corrected chi connectivity index (χ2v) is 7.80. The first-order valence-electron chi connectivity index (χ1n) is 7.43. The number of hydrogen-bond donors (Lipinski definition) is 1. The van der Waals surface area contributed by atoms with Crippen molar-refractivity contribution in [1.29, 1.82) is 0 Å². The summed E-state index contributed by atoms with van der Waals surface area (Å²) < 4.78 is 1.22. The summed E-state index contributed by atoms with van der Waals surface area (Å²) in [5, 5.41) is 5.95. The van der Waals surface area contributed by atoms with Crippen LogP contribution in [0.2, 0.25) is 0 Å². The molecule has 2 bridgehead atoms. The van der Waals surface area contributed by atoms with Gasteiger partial charge in [0.05, 0.1) is 0 Å². The summed E-state index contributed by atoms with van der Waals surface area (Å²) in [4.78, 5) is 4.20. The SMILES string of the molecule is CCN(C1CC2CCC(C1)N2)C(C)c1cc(Br)cs1. The first kappa shape index (κ1) is 14.1. The zero-order valence-corrected chi connectivity index (χ0v) is 14.1.